The highest BCUT2D eigenvalue weighted by Gasteiger charge is 2.15. The van der Waals surface area contributed by atoms with E-state index in [4.69, 9.17) is 16.3 Å². The Hall–Kier alpha value is -1.06. The van der Waals surface area contributed by atoms with Gasteiger partial charge in [-0.1, -0.05) is 23.7 Å². The van der Waals surface area contributed by atoms with E-state index >= 15 is 0 Å². The van der Waals surface area contributed by atoms with Crippen LogP contribution >= 0.6 is 11.6 Å². The predicted octanol–water partition coefficient (Wildman–Crippen LogP) is 2.64. The fourth-order valence-electron chi connectivity index (χ4n) is 1.96. The van der Waals surface area contributed by atoms with Crippen molar-refractivity contribution in [3.05, 3.63) is 34.9 Å². The maximum Gasteiger partial charge on any atom is 0.252 e. The minimum Gasteiger partial charge on any atom is -0.378 e. The van der Waals surface area contributed by atoms with Gasteiger partial charge in [0.05, 0.1) is 16.7 Å². The van der Waals surface area contributed by atoms with Crippen molar-refractivity contribution in [1.82, 2.24) is 5.32 Å². The largest absolute Gasteiger partial charge is 0.378 e. The Bertz CT molecular complexity index is 389. The Balaban J connectivity index is 1.79. The normalized spacial score (nSPS) is 19.2. The molecule has 1 atom stereocenters. The maximum absolute atomic E-state index is 11.8. The van der Waals surface area contributed by atoms with Crippen LogP contribution in [-0.4, -0.2) is 25.2 Å². The number of benzene rings is 1. The van der Waals surface area contributed by atoms with Crippen LogP contribution in [-0.2, 0) is 4.74 Å². The third-order valence-corrected chi connectivity index (χ3v) is 3.22. The second-order valence-electron chi connectivity index (χ2n) is 4.16. The number of carbonyl (C=O) groups excluding carboxylic acids is 1. The van der Waals surface area contributed by atoms with Gasteiger partial charge in [-0.25, -0.2) is 0 Å². The Labute approximate surface area is 106 Å². The van der Waals surface area contributed by atoms with Gasteiger partial charge in [-0.3, -0.25) is 4.79 Å². The van der Waals surface area contributed by atoms with Crippen molar-refractivity contribution >= 4 is 17.5 Å². The molecule has 1 aliphatic rings. The molecule has 0 aliphatic carbocycles. The van der Waals surface area contributed by atoms with Gasteiger partial charge in [0.1, 0.15) is 0 Å². The van der Waals surface area contributed by atoms with E-state index in [-0.39, 0.29) is 5.91 Å². The molecule has 1 saturated heterocycles. The van der Waals surface area contributed by atoms with Crippen molar-refractivity contribution in [3.63, 3.8) is 0 Å². The van der Waals surface area contributed by atoms with Gasteiger partial charge >= 0.3 is 0 Å². The summed E-state index contributed by atoms with van der Waals surface area (Å²) in [6, 6.07) is 7.06. The van der Waals surface area contributed by atoms with Crippen molar-refractivity contribution in [2.24, 2.45) is 0 Å². The number of halogens is 1. The molecule has 0 spiro atoms. The molecule has 1 heterocycles. The third kappa shape index (κ3) is 3.45. The second kappa shape index (κ2) is 6.03. The molecule has 0 aromatic heterocycles. The van der Waals surface area contributed by atoms with Crippen LogP contribution in [0.3, 0.4) is 0 Å². The first-order valence-electron chi connectivity index (χ1n) is 5.91. The van der Waals surface area contributed by atoms with Crippen molar-refractivity contribution in [2.45, 2.75) is 25.4 Å². The number of rotatable bonds is 4. The van der Waals surface area contributed by atoms with Crippen LogP contribution in [0.5, 0.6) is 0 Å². The molecule has 1 N–H and O–H groups in total. The molecule has 1 fully saturated rings. The fourth-order valence-corrected chi connectivity index (χ4v) is 2.18. The molecular weight excluding hydrogens is 238 g/mol. The van der Waals surface area contributed by atoms with E-state index < -0.39 is 0 Å². The molecule has 4 heteroatoms. The minimum atomic E-state index is -0.117. The molecule has 1 amide bonds. The Morgan fingerprint density at radius 3 is 3.00 bits per heavy atom. The number of amides is 1. The number of nitrogens with one attached hydrogen (secondary N) is 1. The average Bonchev–Trinajstić information content (AvgIpc) is 2.82. The lowest BCUT2D eigenvalue weighted by Crippen LogP contribution is -2.27. The van der Waals surface area contributed by atoms with E-state index in [9.17, 15) is 4.79 Å². The Kier molecular flexibility index (Phi) is 4.40. The number of ether oxygens (including phenoxy) is 1. The van der Waals surface area contributed by atoms with Gasteiger partial charge in [-0.15, -0.1) is 0 Å². The van der Waals surface area contributed by atoms with Gasteiger partial charge in [0.15, 0.2) is 0 Å². The average molecular weight is 254 g/mol. The van der Waals surface area contributed by atoms with Crippen LogP contribution in [0.1, 0.15) is 29.6 Å². The third-order valence-electron chi connectivity index (χ3n) is 2.89. The summed E-state index contributed by atoms with van der Waals surface area (Å²) in [6.45, 7) is 1.48. The van der Waals surface area contributed by atoms with Crippen LogP contribution in [0.4, 0.5) is 0 Å². The van der Waals surface area contributed by atoms with Crippen molar-refractivity contribution in [2.75, 3.05) is 13.2 Å². The van der Waals surface area contributed by atoms with Crippen LogP contribution in [0.2, 0.25) is 5.02 Å². The molecule has 1 unspecified atom stereocenters. The fraction of sp³-hybridized carbons (Fsp3) is 0.462. The summed E-state index contributed by atoms with van der Waals surface area (Å²) >= 11 is 5.94. The highest BCUT2D eigenvalue weighted by Crippen LogP contribution is 2.16. The number of hydrogen-bond donors (Lipinski definition) is 1. The first kappa shape index (κ1) is 12.4. The van der Waals surface area contributed by atoms with E-state index in [2.05, 4.69) is 5.32 Å². The van der Waals surface area contributed by atoms with Crippen LogP contribution in [0.25, 0.3) is 0 Å². The molecule has 3 nitrogen and oxygen atoms in total. The monoisotopic (exact) mass is 253 g/mol. The zero-order chi connectivity index (χ0) is 12.1. The zero-order valence-corrected chi connectivity index (χ0v) is 10.4. The summed E-state index contributed by atoms with van der Waals surface area (Å²) in [4.78, 5) is 11.8. The van der Waals surface area contributed by atoms with Crippen molar-refractivity contribution in [3.8, 4) is 0 Å². The number of carbonyl (C=O) groups is 1. The molecule has 0 radical (unpaired) electrons. The Morgan fingerprint density at radius 1 is 1.47 bits per heavy atom. The van der Waals surface area contributed by atoms with Crippen LogP contribution in [0, 0.1) is 0 Å². The first-order valence-corrected chi connectivity index (χ1v) is 6.29. The summed E-state index contributed by atoms with van der Waals surface area (Å²) < 4.78 is 5.49. The van der Waals surface area contributed by atoms with E-state index in [0.29, 0.717) is 23.2 Å². The Morgan fingerprint density at radius 2 is 2.29 bits per heavy atom. The van der Waals surface area contributed by atoms with Crippen LogP contribution in [0.15, 0.2) is 24.3 Å². The smallest absolute Gasteiger partial charge is 0.252 e. The quantitative estimate of drug-likeness (QED) is 0.896. The van der Waals surface area contributed by atoms with Crippen LogP contribution < -0.4 is 5.32 Å². The lowest BCUT2D eigenvalue weighted by atomic mass is 10.1. The molecule has 1 aromatic carbocycles. The van der Waals surface area contributed by atoms with Crippen molar-refractivity contribution < 1.29 is 9.53 Å². The summed E-state index contributed by atoms with van der Waals surface area (Å²) in [6.07, 6.45) is 3.41. The standard InChI is InChI=1S/C13H16ClNO2/c14-12-6-2-1-5-11(12)13(16)15-8-7-10-4-3-9-17-10/h1-2,5-6,10H,3-4,7-9H2,(H,15,16). The lowest BCUT2D eigenvalue weighted by Gasteiger charge is -2.10. The second-order valence-corrected chi connectivity index (χ2v) is 4.57. The van der Waals surface area contributed by atoms with E-state index in [0.717, 1.165) is 25.9 Å². The summed E-state index contributed by atoms with van der Waals surface area (Å²) in [5.41, 5.74) is 0.529. The molecule has 92 valence electrons. The topological polar surface area (TPSA) is 38.3 Å². The molecule has 0 saturated carbocycles. The molecule has 2 rings (SSSR count). The SMILES string of the molecule is O=C(NCCC1CCCO1)c1ccccc1Cl. The van der Waals surface area contributed by atoms with Gasteiger partial charge in [0, 0.05) is 13.2 Å². The first-order chi connectivity index (χ1) is 8.27. The lowest BCUT2D eigenvalue weighted by molar-refractivity contribution is 0.0907. The maximum atomic E-state index is 11.8. The van der Waals surface area contributed by atoms with E-state index in [1.54, 1.807) is 18.2 Å². The molecular formula is C13H16ClNO2. The van der Waals surface area contributed by atoms with Gasteiger partial charge in [-0.2, -0.15) is 0 Å². The molecule has 17 heavy (non-hydrogen) atoms. The van der Waals surface area contributed by atoms with E-state index in [1.807, 2.05) is 6.07 Å². The minimum absolute atomic E-state index is 0.117. The van der Waals surface area contributed by atoms with E-state index in [1.165, 1.54) is 0 Å². The number of hydrogen-bond acceptors (Lipinski definition) is 2. The zero-order valence-electron chi connectivity index (χ0n) is 9.62. The highest BCUT2D eigenvalue weighted by molar-refractivity contribution is 6.33. The summed E-state index contributed by atoms with van der Waals surface area (Å²) in [5, 5.41) is 3.35. The van der Waals surface area contributed by atoms with Gasteiger partial charge < -0.3 is 10.1 Å². The molecule has 1 aliphatic heterocycles. The summed E-state index contributed by atoms with van der Waals surface area (Å²) in [5.74, 6) is -0.117. The summed E-state index contributed by atoms with van der Waals surface area (Å²) in [7, 11) is 0. The molecule has 0 bridgehead atoms. The molecule has 1 aromatic rings. The predicted molar refractivity (Wildman–Crippen MR) is 67.4 cm³/mol. The highest BCUT2D eigenvalue weighted by atomic mass is 35.5. The van der Waals surface area contributed by atoms with Gasteiger partial charge in [-0.05, 0) is 31.4 Å². The van der Waals surface area contributed by atoms with Crippen molar-refractivity contribution in [1.29, 1.82) is 0 Å². The van der Waals surface area contributed by atoms with Gasteiger partial charge in [0.2, 0.25) is 0 Å². The van der Waals surface area contributed by atoms with Gasteiger partial charge in [0.25, 0.3) is 5.91 Å².